The Morgan fingerprint density at radius 1 is 0.933 bits per heavy atom. The van der Waals surface area contributed by atoms with Gasteiger partial charge < -0.3 is 10.1 Å². The molecule has 0 spiro atoms. The van der Waals surface area contributed by atoms with Crippen molar-refractivity contribution in [3.8, 4) is 0 Å². The van der Waals surface area contributed by atoms with Gasteiger partial charge in [0.15, 0.2) is 0 Å². The minimum Gasteiger partial charge on any atom is -0.370 e. The topological polar surface area (TPSA) is 21.3 Å². The van der Waals surface area contributed by atoms with E-state index in [1.807, 2.05) is 30.3 Å². The molecule has 3 rings (SSSR count). The second kappa shape index (κ2) is 9.58. The van der Waals surface area contributed by atoms with Gasteiger partial charge >= 0.3 is 12.4 Å². The van der Waals surface area contributed by atoms with Crippen molar-refractivity contribution in [1.29, 1.82) is 0 Å². The molecule has 2 nitrogen and oxygen atoms in total. The van der Waals surface area contributed by atoms with E-state index in [1.165, 1.54) is 6.92 Å². The maximum Gasteiger partial charge on any atom is 0.416 e. The lowest BCUT2D eigenvalue weighted by molar-refractivity contribution is -0.143. The Labute approximate surface area is 177 Å². The number of alkyl halides is 6. The number of ether oxygens (including phenoxy) is 1. The van der Waals surface area contributed by atoms with E-state index in [0.717, 1.165) is 17.7 Å². The molecule has 0 saturated carbocycles. The second-order valence-electron chi connectivity index (χ2n) is 7.17. The lowest BCUT2D eigenvalue weighted by atomic mass is 9.88. The first-order chi connectivity index (χ1) is 13.6. The maximum atomic E-state index is 13.1. The highest BCUT2D eigenvalue weighted by Crippen LogP contribution is 2.39. The van der Waals surface area contributed by atoms with Crippen LogP contribution in [0.5, 0.6) is 0 Å². The zero-order valence-electron chi connectivity index (χ0n) is 16.1. The van der Waals surface area contributed by atoms with Crippen LogP contribution in [0, 0.1) is 0 Å². The summed E-state index contributed by atoms with van der Waals surface area (Å²) in [7, 11) is 0. The molecule has 9 heteroatoms. The molecule has 1 N–H and O–H groups in total. The Kier molecular flexibility index (Phi) is 7.82. The van der Waals surface area contributed by atoms with Gasteiger partial charge in [-0.05, 0) is 49.2 Å². The summed E-state index contributed by atoms with van der Waals surface area (Å²) in [6, 6.07) is 11.1. The summed E-state index contributed by atoms with van der Waals surface area (Å²) >= 11 is 0. The van der Waals surface area contributed by atoms with Gasteiger partial charge in [-0.2, -0.15) is 26.3 Å². The monoisotopic (exact) mass is 453 g/mol. The summed E-state index contributed by atoms with van der Waals surface area (Å²) < 4.78 is 84.8. The van der Waals surface area contributed by atoms with Gasteiger partial charge in [0, 0.05) is 12.5 Å². The van der Waals surface area contributed by atoms with Crippen molar-refractivity contribution >= 4 is 12.4 Å². The molecule has 30 heavy (non-hydrogen) atoms. The molecule has 0 aromatic heterocycles. The van der Waals surface area contributed by atoms with Crippen LogP contribution in [0.2, 0.25) is 0 Å². The summed E-state index contributed by atoms with van der Waals surface area (Å²) in [5, 5.41) is 3.26. The lowest BCUT2D eigenvalue weighted by Crippen LogP contribution is -2.40. The number of halogens is 7. The fourth-order valence-corrected chi connectivity index (χ4v) is 3.58. The van der Waals surface area contributed by atoms with Crippen LogP contribution in [0.1, 0.15) is 47.6 Å². The summed E-state index contributed by atoms with van der Waals surface area (Å²) in [6.45, 7) is 2.77. The first-order valence-corrected chi connectivity index (χ1v) is 9.26. The van der Waals surface area contributed by atoms with Gasteiger partial charge in [0.2, 0.25) is 0 Å². The van der Waals surface area contributed by atoms with Crippen molar-refractivity contribution in [2.45, 2.75) is 43.8 Å². The number of benzene rings is 2. The molecule has 166 valence electrons. The molecule has 0 radical (unpaired) electrons. The third-order valence-corrected chi connectivity index (χ3v) is 5.10. The van der Waals surface area contributed by atoms with Gasteiger partial charge in [-0.25, -0.2) is 0 Å². The minimum absolute atomic E-state index is 0. The molecule has 2 aromatic rings. The van der Waals surface area contributed by atoms with Crippen LogP contribution in [-0.4, -0.2) is 19.2 Å². The molecule has 3 atom stereocenters. The predicted molar refractivity (Wildman–Crippen MR) is 104 cm³/mol. The van der Waals surface area contributed by atoms with E-state index < -0.39 is 29.6 Å². The second-order valence-corrected chi connectivity index (χ2v) is 7.17. The number of hydrogen-bond acceptors (Lipinski definition) is 2. The molecule has 0 aliphatic carbocycles. The van der Waals surface area contributed by atoms with Gasteiger partial charge in [0.1, 0.15) is 0 Å². The Morgan fingerprint density at radius 2 is 1.50 bits per heavy atom. The number of hydrogen-bond donors (Lipinski definition) is 1. The highest BCUT2D eigenvalue weighted by molar-refractivity contribution is 5.85. The van der Waals surface area contributed by atoms with Gasteiger partial charge in [0.25, 0.3) is 0 Å². The molecule has 0 bridgehead atoms. The Hall–Kier alpha value is -1.77. The van der Waals surface area contributed by atoms with E-state index in [-0.39, 0.29) is 36.1 Å². The molecule has 2 aromatic carbocycles. The van der Waals surface area contributed by atoms with Crippen LogP contribution >= 0.6 is 12.4 Å². The van der Waals surface area contributed by atoms with Crippen molar-refractivity contribution in [2.75, 3.05) is 13.1 Å². The normalized spacial score (nSPS) is 21.0. The average Bonchev–Trinajstić information content (AvgIpc) is 2.67. The van der Waals surface area contributed by atoms with Crippen molar-refractivity contribution in [3.63, 3.8) is 0 Å². The molecule has 1 aliphatic rings. The summed E-state index contributed by atoms with van der Waals surface area (Å²) in [5.74, 6) is -0.0414. The Morgan fingerprint density at radius 3 is 2.03 bits per heavy atom. The molecule has 1 aliphatic heterocycles. The quantitative estimate of drug-likeness (QED) is 0.543. The molecule has 1 saturated heterocycles. The first-order valence-electron chi connectivity index (χ1n) is 9.26. The summed E-state index contributed by atoms with van der Waals surface area (Å²) in [5.41, 5.74) is -1.79. The summed E-state index contributed by atoms with van der Waals surface area (Å²) in [4.78, 5) is 0. The van der Waals surface area contributed by atoms with E-state index in [2.05, 4.69) is 5.32 Å². The number of piperidine rings is 1. The van der Waals surface area contributed by atoms with E-state index in [0.29, 0.717) is 19.5 Å². The fraction of sp³-hybridized carbons (Fsp3) is 0.429. The highest BCUT2D eigenvalue weighted by atomic mass is 35.5. The standard InChI is InChI=1S/C21H21F6NO.ClH/c1-13(15-9-16(20(22,23)24)11-17(10-15)21(25,26)27)29-19-7-8-28-12-18(19)14-5-3-2-4-6-14;/h2-6,9-11,13,18-19,28H,7-8,12H2,1H3;1H/t13-,18+,19+;/m0./s1. The lowest BCUT2D eigenvalue weighted by Gasteiger charge is -2.34. The van der Waals surface area contributed by atoms with Gasteiger partial charge in [0.05, 0.1) is 23.3 Å². The smallest absolute Gasteiger partial charge is 0.370 e. The SMILES string of the molecule is C[C@H](O[C@@H]1CCNC[C@@H]1c1ccccc1)c1cc(C(F)(F)F)cc(C(F)(F)F)c1.Cl. The van der Waals surface area contributed by atoms with E-state index in [4.69, 9.17) is 4.74 Å². The van der Waals surface area contributed by atoms with Crippen LogP contribution in [-0.2, 0) is 17.1 Å². The zero-order valence-corrected chi connectivity index (χ0v) is 16.9. The van der Waals surface area contributed by atoms with Crippen LogP contribution < -0.4 is 5.32 Å². The van der Waals surface area contributed by atoms with Crippen LogP contribution in [0.25, 0.3) is 0 Å². The highest BCUT2D eigenvalue weighted by Gasteiger charge is 2.38. The van der Waals surface area contributed by atoms with Crippen molar-refractivity contribution in [2.24, 2.45) is 0 Å². The minimum atomic E-state index is -4.88. The number of nitrogens with one attached hydrogen (secondary N) is 1. The largest absolute Gasteiger partial charge is 0.416 e. The maximum absolute atomic E-state index is 13.1. The predicted octanol–water partition coefficient (Wildman–Crippen LogP) is 6.37. The van der Waals surface area contributed by atoms with Crippen molar-refractivity contribution in [1.82, 2.24) is 5.32 Å². The van der Waals surface area contributed by atoms with Crippen LogP contribution in [0.3, 0.4) is 0 Å². The molecule has 0 amide bonds. The fourth-order valence-electron chi connectivity index (χ4n) is 3.58. The first kappa shape index (κ1) is 24.5. The van der Waals surface area contributed by atoms with Gasteiger partial charge in [-0.15, -0.1) is 12.4 Å². The zero-order chi connectivity index (χ0) is 21.2. The van der Waals surface area contributed by atoms with Crippen molar-refractivity contribution < 1.29 is 31.1 Å². The molecule has 1 heterocycles. The molecule has 1 fully saturated rings. The van der Waals surface area contributed by atoms with Gasteiger partial charge in [-0.1, -0.05) is 30.3 Å². The average molecular weight is 454 g/mol. The Balaban J connectivity index is 0.00000320. The third-order valence-electron chi connectivity index (χ3n) is 5.10. The molecule has 0 unspecified atom stereocenters. The van der Waals surface area contributed by atoms with E-state index in [9.17, 15) is 26.3 Å². The summed E-state index contributed by atoms with van der Waals surface area (Å²) in [6.07, 6.45) is -10.4. The Bertz CT molecular complexity index is 792. The third kappa shape index (κ3) is 5.89. The van der Waals surface area contributed by atoms with Crippen molar-refractivity contribution in [3.05, 3.63) is 70.8 Å². The number of rotatable bonds is 4. The molecular formula is C21H22ClF6NO. The van der Waals surface area contributed by atoms with E-state index >= 15 is 0 Å². The van der Waals surface area contributed by atoms with E-state index in [1.54, 1.807) is 0 Å². The van der Waals surface area contributed by atoms with Crippen LogP contribution in [0.15, 0.2) is 48.5 Å². The molecular weight excluding hydrogens is 432 g/mol. The van der Waals surface area contributed by atoms with Gasteiger partial charge in [-0.3, -0.25) is 0 Å². The van der Waals surface area contributed by atoms with Crippen LogP contribution in [0.4, 0.5) is 26.3 Å².